The van der Waals surface area contributed by atoms with Crippen LogP contribution >= 0.6 is 0 Å². The van der Waals surface area contributed by atoms with Gasteiger partial charge in [-0.05, 0) is 42.0 Å². The van der Waals surface area contributed by atoms with Crippen molar-refractivity contribution < 1.29 is 18.1 Å². The first-order valence-electron chi connectivity index (χ1n) is 9.39. The Hall–Kier alpha value is -4.23. The van der Waals surface area contributed by atoms with Gasteiger partial charge in [0.05, 0.1) is 28.0 Å². The van der Waals surface area contributed by atoms with E-state index in [-0.39, 0.29) is 22.7 Å². The monoisotopic (exact) mass is 450 g/mol. The second-order valence-corrected chi connectivity index (χ2v) is 8.54. The number of hydrogen-bond donors (Lipinski definition) is 1. The van der Waals surface area contributed by atoms with Crippen LogP contribution in [0.1, 0.15) is 5.56 Å². The molecule has 0 atom stereocenters. The summed E-state index contributed by atoms with van der Waals surface area (Å²) in [6.45, 7) is -0.547. The molecule has 0 aliphatic rings. The molecule has 3 aromatic rings. The van der Waals surface area contributed by atoms with E-state index >= 15 is 0 Å². The van der Waals surface area contributed by atoms with E-state index in [0.717, 1.165) is 9.87 Å². The lowest BCUT2D eigenvalue weighted by atomic mass is 10.1. The second kappa shape index (κ2) is 9.72. The van der Waals surface area contributed by atoms with Gasteiger partial charge in [0, 0.05) is 17.8 Å². The lowest BCUT2D eigenvalue weighted by Crippen LogP contribution is -2.38. The van der Waals surface area contributed by atoms with Crippen LogP contribution in [0.3, 0.4) is 0 Å². The molecule has 10 heteroatoms. The first-order valence-corrected chi connectivity index (χ1v) is 10.8. The van der Waals surface area contributed by atoms with Crippen LogP contribution in [0, 0.1) is 21.4 Å². The molecule has 0 aromatic heterocycles. The lowest BCUT2D eigenvalue weighted by molar-refractivity contribution is -0.384. The van der Waals surface area contributed by atoms with Gasteiger partial charge in [-0.15, -0.1) is 0 Å². The maximum absolute atomic E-state index is 13.2. The molecule has 0 bridgehead atoms. The Balaban J connectivity index is 1.89. The number of nitrogens with one attached hydrogen (secondary N) is 1. The van der Waals surface area contributed by atoms with Crippen molar-refractivity contribution >= 4 is 33.0 Å². The average Bonchev–Trinajstić information content (AvgIpc) is 2.79. The number of carbonyl (C=O) groups is 1. The van der Waals surface area contributed by atoms with Gasteiger partial charge in [0.25, 0.3) is 15.7 Å². The van der Waals surface area contributed by atoms with E-state index in [2.05, 4.69) is 5.32 Å². The highest BCUT2D eigenvalue weighted by molar-refractivity contribution is 7.92. The van der Waals surface area contributed by atoms with Crippen molar-refractivity contribution in [3.63, 3.8) is 0 Å². The van der Waals surface area contributed by atoms with Gasteiger partial charge in [0.15, 0.2) is 0 Å². The molecule has 0 radical (unpaired) electrons. The van der Waals surface area contributed by atoms with Crippen molar-refractivity contribution in [2.45, 2.75) is 11.3 Å². The van der Waals surface area contributed by atoms with Crippen molar-refractivity contribution in [1.82, 2.24) is 0 Å². The standard InChI is InChI=1S/C22H18N4O5S/c23-15-14-17-6-8-18(9-7-17)24-22(27)16-25(19-10-12-20(13-11-19)26(28)29)32(30,31)21-4-2-1-3-5-21/h1-13H,14,16H2,(H,24,27). The Morgan fingerprint density at radius 1 is 1.00 bits per heavy atom. The number of anilines is 2. The van der Waals surface area contributed by atoms with Crippen LogP contribution in [0.5, 0.6) is 0 Å². The van der Waals surface area contributed by atoms with Gasteiger partial charge in [0.2, 0.25) is 5.91 Å². The van der Waals surface area contributed by atoms with E-state index in [0.29, 0.717) is 5.69 Å². The molecule has 0 aliphatic carbocycles. The third kappa shape index (κ3) is 5.27. The Labute approximate surface area is 184 Å². The summed E-state index contributed by atoms with van der Waals surface area (Å²) in [6, 6.07) is 21.1. The number of rotatable bonds is 8. The molecule has 0 spiro atoms. The minimum Gasteiger partial charge on any atom is -0.325 e. The minimum absolute atomic E-state index is 0.0213. The SMILES string of the molecule is N#CCc1ccc(NC(=O)CN(c2ccc([N+](=O)[O-])cc2)S(=O)(=O)c2ccccc2)cc1. The van der Waals surface area contributed by atoms with Crippen molar-refractivity contribution in [1.29, 1.82) is 5.26 Å². The summed E-state index contributed by atoms with van der Waals surface area (Å²) in [5.41, 5.74) is 1.13. The Kier molecular flexibility index (Phi) is 6.82. The normalized spacial score (nSPS) is 10.7. The highest BCUT2D eigenvalue weighted by Gasteiger charge is 2.27. The second-order valence-electron chi connectivity index (χ2n) is 6.68. The van der Waals surface area contributed by atoms with Crippen LogP contribution in [0.2, 0.25) is 0 Å². The van der Waals surface area contributed by atoms with Crippen LogP contribution in [-0.4, -0.2) is 25.8 Å². The molecule has 0 heterocycles. The molecule has 0 fully saturated rings. The van der Waals surface area contributed by atoms with Gasteiger partial charge in [-0.2, -0.15) is 5.26 Å². The summed E-state index contributed by atoms with van der Waals surface area (Å²) in [7, 11) is -4.12. The van der Waals surface area contributed by atoms with Gasteiger partial charge in [-0.3, -0.25) is 19.2 Å². The number of nitro groups is 1. The largest absolute Gasteiger partial charge is 0.325 e. The molecular weight excluding hydrogens is 432 g/mol. The number of benzene rings is 3. The van der Waals surface area contributed by atoms with E-state index in [4.69, 9.17) is 5.26 Å². The maximum Gasteiger partial charge on any atom is 0.269 e. The third-order valence-corrected chi connectivity index (χ3v) is 6.28. The molecule has 9 nitrogen and oxygen atoms in total. The van der Waals surface area contributed by atoms with Gasteiger partial charge in [-0.1, -0.05) is 30.3 Å². The topological polar surface area (TPSA) is 133 Å². The fourth-order valence-electron chi connectivity index (χ4n) is 2.90. The predicted octanol–water partition coefficient (Wildman–Crippen LogP) is 3.49. The first kappa shape index (κ1) is 22.5. The van der Waals surface area contributed by atoms with E-state index in [1.165, 1.54) is 36.4 Å². The highest BCUT2D eigenvalue weighted by Crippen LogP contribution is 2.26. The van der Waals surface area contributed by atoms with Crippen LogP contribution in [0.4, 0.5) is 17.1 Å². The predicted molar refractivity (Wildman–Crippen MR) is 118 cm³/mol. The number of amides is 1. The minimum atomic E-state index is -4.12. The maximum atomic E-state index is 13.2. The molecule has 0 unspecified atom stereocenters. The zero-order chi connectivity index (χ0) is 23.1. The van der Waals surface area contributed by atoms with E-state index in [9.17, 15) is 23.3 Å². The van der Waals surface area contributed by atoms with Gasteiger partial charge in [-0.25, -0.2) is 8.42 Å². The number of nitro benzene ring substituents is 1. The van der Waals surface area contributed by atoms with Crippen LogP contribution < -0.4 is 9.62 Å². The smallest absolute Gasteiger partial charge is 0.269 e. The average molecular weight is 450 g/mol. The molecule has 3 rings (SSSR count). The number of carbonyl (C=O) groups excluding carboxylic acids is 1. The van der Waals surface area contributed by atoms with Gasteiger partial charge < -0.3 is 5.32 Å². The molecule has 32 heavy (non-hydrogen) atoms. The number of non-ortho nitro benzene ring substituents is 1. The first-order chi connectivity index (χ1) is 15.3. The highest BCUT2D eigenvalue weighted by atomic mass is 32.2. The fourth-order valence-corrected chi connectivity index (χ4v) is 4.35. The third-order valence-electron chi connectivity index (χ3n) is 4.49. The Bertz CT molecular complexity index is 1250. The quantitative estimate of drug-likeness (QED) is 0.412. The van der Waals surface area contributed by atoms with E-state index in [1.54, 1.807) is 42.5 Å². The molecule has 0 saturated carbocycles. The number of nitrogens with zero attached hydrogens (tertiary/aromatic N) is 3. The summed E-state index contributed by atoms with van der Waals surface area (Å²) in [4.78, 5) is 23.0. The molecular formula is C22H18N4O5S. The van der Waals surface area contributed by atoms with Crippen LogP contribution in [-0.2, 0) is 21.2 Å². The zero-order valence-corrected chi connectivity index (χ0v) is 17.5. The van der Waals surface area contributed by atoms with Crippen molar-refractivity contribution in [2.24, 2.45) is 0 Å². The lowest BCUT2D eigenvalue weighted by Gasteiger charge is -2.24. The molecule has 1 amide bonds. The molecule has 0 aliphatic heterocycles. The zero-order valence-electron chi connectivity index (χ0n) is 16.7. The van der Waals surface area contributed by atoms with Crippen LogP contribution in [0.15, 0.2) is 83.8 Å². The molecule has 0 saturated heterocycles. The summed E-state index contributed by atoms with van der Waals surface area (Å²) in [6.07, 6.45) is 0.234. The summed E-state index contributed by atoms with van der Waals surface area (Å²) in [5.74, 6) is -0.601. The van der Waals surface area contributed by atoms with Crippen molar-refractivity contribution in [2.75, 3.05) is 16.2 Å². The van der Waals surface area contributed by atoms with E-state index < -0.39 is 27.4 Å². The molecule has 162 valence electrons. The summed E-state index contributed by atoms with van der Waals surface area (Å²) in [5, 5.41) is 22.3. The summed E-state index contributed by atoms with van der Waals surface area (Å²) >= 11 is 0. The molecule has 1 N–H and O–H groups in total. The van der Waals surface area contributed by atoms with Crippen molar-refractivity contribution in [3.8, 4) is 6.07 Å². The Morgan fingerprint density at radius 2 is 1.62 bits per heavy atom. The Morgan fingerprint density at radius 3 is 2.19 bits per heavy atom. The van der Waals surface area contributed by atoms with Crippen molar-refractivity contribution in [3.05, 3.63) is 94.5 Å². The summed E-state index contributed by atoms with van der Waals surface area (Å²) < 4.78 is 27.4. The number of hydrogen-bond acceptors (Lipinski definition) is 6. The molecule has 3 aromatic carbocycles. The number of nitriles is 1. The van der Waals surface area contributed by atoms with Gasteiger partial charge >= 0.3 is 0 Å². The van der Waals surface area contributed by atoms with Gasteiger partial charge in [0.1, 0.15) is 6.54 Å². The fraction of sp³-hybridized carbons (Fsp3) is 0.0909. The van der Waals surface area contributed by atoms with Crippen LogP contribution in [0.25, 0.3) is 0 Å². The number of sulfonamides is 1. The van der Waals surface area contributed by atoms with E-state index in [1.807, 2.05) is 6.07 Å².